The largest absolute Gasteiger partial charge is 0.508 e. The molecule has 0 bridgehead atoms. The van der Waals surface area contributed by atoms with Gasteiger partial charge in [-0.25, -0.2) is 12.8 Å². The van der Waals surface area contributed by atoms with Crippen molar-refractivity contribution in [2.75, 3.05) is 10.9 Å². The monoisotopic (exact) mass is 665 g/mol. The Hall–Kier alpha value is -3.88. The number of nitrogens with zero attached hydrogens (tertiary/aromatic N) is 1. The number of ether oxygens (including phenoxy) is 1. The van der Waals surface area contributed by atoms with Gasteiger partial charge in [0, 0.05) is 5.56 Å². The van der Waals surface area contributed by atoms with Gasteiger partial charge in [0.05, 0.1) is 24.4 Å². The maximum Gasteiger partial charge on any atom is 0.241 e. The molecule has 4 aromatic carbocycles. The van der Waals surface area contributed by atoms with Crippen molar-refractivity contribution in [1.29, 1.82) is 0 Å². The number of para-hydroxylation sites is 1. The fourth-order valence-corrected chi connectivity index (χ4v) is 8.58. The summed E-state index contributed by atoms with van der Waals surface area (Å²) < 4.78 is 47.6. The molecule has 0 spiro atoms. The molecule has 8 atom stereocenters. The van der Waals surface area contributed by atoms with Crippen molar-refractivity contribution < 1.29 is 48.2 Å². The standard InChI is InChI=1S/C35H36FNO9S/c36-24-13-10-21(11-14-24)27(39)16-17-30-31(37(47(30,44)45)25-4-2-1-3-5-25)26-15-12-23(18-28(26)40)20-6-8-22(9-7-20)35-34(43)33(42)32(41)29(19-38)46-35/h1-15,18,27,29-35,38-43H,16-17,19H2/t27-,29+,30-,31+,32+,33-,34+,35?/m0/s1. The van der Waals surface area contributed by atoms with E-state index >= 15 is 0 Å². The molecule has 12 heteroatoms. The first kappa shape index (κ1) is 33.0. The van der Waals surface area contributed by atoms with E-state index in [9.17, 15) is 43.4 Å². The first-order valence-electron chi connectivity index (χ1n) is 15.3. The number of hydrogen-bond donors (Lipinski definition) is 6. The Morgan fingerprint density at radius 3 is 2.13 bits per heavy atom. The maximum atomic E-state index is 13.6. The third-order valence-electron chi connectivity index (χ3n) is 9.07. The summed E-state index contributed by atoms with van der Waals surface area (Å²) in [6.07, 6.45) is -7.21. The fourth-order valence-electron chi connectivity index (χ4n) is 6.46. The normalized spacial score (nSPS) is 27.6. The number of phenolic OH excluding ortho intramolecular Hbond substituents is 1. The average Bonchev–Trinajstić information content (AvgIpc) is 3.07. The number of anilines is 1. The summed E-state index contributed by atoms with van der Waals surface area (Å²) in [5.41, 5.74) is 3.15. The van der Waals surface area contributed by atoms with Gasteiger partial charge in [-0.2, -0.15) is 0 Å². The summed E-state index contributed by atoms with van der Waals surface area (Å²) >= 11 is 0. The van der Waals surface area contributed by atoms with Crippen LogP contribution in [0, 0.1) is 5.82 Å². The van der Waals surface area contributed by atoms with E-state index in [1.807, 2.05) is 0 Å². The second kappa shape index (κ2) is 13.3. The molecule has 248 valence electrons. The molecule has 1 unspecified atom stereocenters. The highest BCUT2D eigenvalue weighted by Crippen LogP contribution is 2.50. The van der Waals surface area contributed by atoms with Crippen LogP contribution in [0.2, 0.25) is 0 Å². The molecule has 6 N–H and O–H groups in total. The van der Waals surface area contributed by atoms with Crippen LogP contribution < -0.4 is 4.31 Å². The molecule has 2 fully saturated rings. The molecule has 0 aliphatic carbocycles. The van der Waals surface area contributed by atoms with Gasteiger partial charge in [0.25, 0.3) is 0 Å². The van der Waals surface area contributed by atoms with E-state index in [2.05, 4.69) is 0 Å². The molecule has 2 heterocycles. The van der Waals surface area contributed by atoms with Gasteiger partial charge in [-0.1, -0.05) is 66.7 Å². The minimum absolute atomic E-state index is 0.0927. The van der Waals surface area contributed by atoms with Crippen LogP contribution in [0.3, 0.4) is 0 Å². The van der Waals surface area contributed by atoms with Gasteiger partial charge in [0.2, 0.25) is 10.0 Å². The lowest BCUT2D eigenvalue weighted by atomic mass is 9.90. The van der Waals surface area contributed by atoms with E-state index in [0.29, 0.717) is 33.5 Å². The number of phenols is 1. The van der Waals surface area contributed by atoms with E-state index in [1.54, 1.807) is 66.7 Å². The minimum atomic E-state index is -3.84. The summed E-state index contributed by atoms with van der Waals surface area (Å²) in [6.45, 7) is -0.537. The van der Waals surface area contributed by atoms with Gasteiger partial charge in [0.1, 0.15) is 47.3 Å². The zero-order valence-corrected chi connectivity index (χ0v) is 25.9. The molecule has 0 amide bonds. The predicted molar refractivity (Wildman–Crippen MR) is 171 cm³/mol. The average molecular weight is 666 g/mol. The molecule has 0 saturated carbocycles. The fraction of sp³-hybridized carbons (Fsp3) is 0.314. The van der Waals surface area contributed by atoms with Crippen LogP contribution in [0.4, 0.5) is 10.1 Å². The van der Waals surface area contributed by atoms with E-state index < -0.39 is 70.4 Å². The highest BCUT2D eigenvalue weighted by Gasteiger charge is 2.55. The van der Waals surface area contributed by atoms with Crippen molar-refractivity contribution in [1.82, 2.24) is 0 Å². The van der Waals surface area contributed by atoms with E-state index in [-0.39, 0.29) is 18.6 Å². The van der Waals surface area contributed by atoms with Crippen LogP contribution in [-0.4, -0.2) is 75.3 Å². The second-order valence-electron chi connectivity index (χ2n) is 11.9. The topological polar surface area (TPSA) is 168 Å². The molecule has 6 rings (SSSR count). The van der Waals surface area contributed by atoms with Crippen LogP contribution in [0.1, 0.15) is 47.8 Å². The van der Waals surface area contributed by atoms with E-state index in [4.69, 9.17) is 4.74 Å². The smallest absolute Gasteiger partial charge is 0.241 e. The number of halogens is 1. The molecular weight excluding hydrogens is 629 g/mol. The lowest BCUT2D eigenvalue weighted by Gasteiger charge is -2.48. The molecule has 2 saturated heterocycles. The summed E-state index contributed by atoms with van der Waals surface area (Å²) in [6, 6.07) is 25.0. The molecule has 2 aliphatic heterocycles. The number of rotatable bonds is 9. The van der Waals surface area contributed by atoms with Crippen molar-refractivity contribution >= 4 is 15.7 Å². The summed E-state index contributed by atoms with van der Waals surface area (Å²) in [4.78, 5) is 0. The predicted octanol–water partition coefficient (Wildman–Crippen LogP) is 3.49. The first-order chi connectivity index (χ1) is 22.5. The van der Waals surface area contributed by atoms with Gasteiger partial charge in [0.15, 0.2) is 0 Å². The van der Waals surface area contributed by atoms with E-state index in [0.717, 1.165) is 0 Å². The Bertz CT molecular complexity index is 1790. The van der Waals surface area contributed by atoms with Gasteiger partial charge >= 0.3 is 0 Å². The van der Waals surface area contributed by atoms with Gasteiger partial charge < -0.3 is 35.4 Å². The third-order valence-corrected chi connectivity index (χ3v) is 11.3. The molecule has 2 aliphatic rings. The van der Waals surface area contributed by atoms with Gasteiger partial charge in [-0.15, -0.1) is 0 Å². The van der Waals surface area contributed by atoms with Crippen LogP contribution in [-0.2, 0) is 14.8 Å². The van der Waals surface area contributed by atoms with Crippen molar-refractivity contribution in [2.45, 2.75) is 60.8 Å². The number of hydrogen-bond acceptors (Lipinski definition) is 9. The number of aliphatic hydroxyl groups is 5. The molecule has 4 aromatic rings. The van der Waals surface area contributed by atoms with Gasteiger partial charge in [-0.05, 0) is 65.4 Å². The zero-order chi connectivity index (χ0) is 33.5. The Morgan fingerprint density at radius 2 is 1.49 bits per heavy atom. The molecule has 0 radical (unpaired) electrons. The lowest BCUT2D eigenvalue weighted by molar-refractivity contribution is -0.231. The summed E-state index contributed by atoms with van der Waals surface area (Å²) in [7, 11) is -3.84. The highest BCUT2D eigenvalue weighted by molar-refractivity contribution is 7.95. The molecule has 10 nitrogen and oxygen atoms in total. The number of benzene rings is 4. The zero-order valence-electron chi connectivity index (χ0n) is 25.1. The summed E-state index contributed by atoms with van der Waals surface area (Å²) in [5.74, 6) is -0.560. The Morgan fingerprint density at radius 1 is 0.830 bits per heavy atom. The number of aliphatic hydroxyl groups excluding tert-OH is 5. The van der Waals surface area contributed by atoms with Crippen molar-refractivity contribution in [3.63, 3.8) is 0 Å². The quantitative estimate of drug-likeness (QED) is 0.157. The maximum absolute atomic E-state index is 13.6. The summed E-state index contributed by atoms with van der Waals surface area (Å²) in [5, 5.41) is 61.3. The van der Waals surface area contributed by atoms with Crippen molar-refractivity contribution in [3.8, 4) is 16.9 Å². The van der Waals surface area contributed by atoms with E-state index in [1.165, 1.54) is 34.6 Å². The number of sulfonamides is 1. The Balaban J connectivity index is 1.25. The Kier molecular flexibility index (Phi) is 9.36. The third kappa shape index (κ3) is 6.25. The van der Waals surface area contributed by atoms with Crippen LogP contribution in [0.25, 0.3) is 11.1 Å². The van der Waals surface area contributed by atoms with Crippen LogP contribution in [0.5, 0.6) is 5.75 Å². The van der Waals surface area contributed by atoms with Crippen molar-refractivity contribution in [2.24, 2.45) is 0 Å². The SMILES string of the molecule is O=S1(=O)[C@@H](CC[C@H](O)c2ccc(F)cc2)[C@@H](c2ccc(-c3ccc(C4O[C@H](CO)[C@@H](O)[C@H](O)[C@H]4O)cc3)cc2O)N1c1ccccc1. The first-order valence-corrected chi connectivity index (χ1v) is 16.8. The van der Waals surface area contributed by atoms with Crippen molar-refractivity contribution in [3.05, 3.63) is 120 Å². The molecule has 0 aromatic heterocycles. The minimum Gasteiger partial charge on any atom is -0.508 e. The lowest BCUT2D eigenvalue weighted by Crippen LogP contribution is -2.58. The second-order valence-corrected chi connectivity index (χ2v) is 14.0. The van der Waals surface area contributed by atoms with Crippen LogP contribution >= 0.6 is 0 Å². The molecule has 47 heavy (non-hydrogen) atoms. The highest BCUT2D eigenvalue weighted by atomic mass is 32.2. The number of aromatic hydroxyl groups is 1. The van der Waals surface area contributed by atoms with Crippen LogP contribution in [0.15, 0.2) is 97.1 Å². The Labute approximate surface area is 271 Å². The van der Waals surface area contributed by atoms with Gasteiger partial charge in [-0.3, -0.25) is 4.31 Å². The molecular formula is C35H36FNO9S.